The van der Waals surface area contributed by atoms with Crippen LogP contribution in [0.5, 0.6) is 0 Å². The number of nitrogens with zero attached hydrogens (tertiary/aromatic N) is 1. The van der Waals surface area contributed by atoms with Crippen LogP contribution < -0.4 is 5.32 Å². The van der Waals surface area contributed by atoms with Gasteiger partial charge < -0.3 is 5.32 Å². The highest BCUT2D eigenvalue weighted by Gasteiger charge is 2.35. The molecule has 3 rings (SSSR count). The number of hydrogen-bond acceptors (Lipinski definition) is 2. The van der Waals surface area contributed by atoms with Gasteiger partial charge in [-0.15, -0.1) is 0 Å². The van der Waals surface area contributed by atoms with Gasteiger partial charge >= 0.3 is 0 Å². The predicted molar refractivity (Wildman–Crippen MR) is 80.6 cm³/mol. The summed E-state index contributed by atoms with van der Waals surface area (Å²) in [5.41, 5.74) is 3.16. The van der Waals surface area contributed by atoms with Crippen molar-refractivity contribution in [3.8, 4) is 0 Å². The molecule has 4 atom stereocenters. The third-order valence-corrected chi connectivity index (χ3v) is 5.49. The summed E-state index contributed by atoms with van der Waals surface area (Å²) in [4.78, 5) is 2.71. The first-order chi connectivity index (χ1) is 9.20. The fourth-order valence-corrected chi connectivity index (χ4v) is 3.91. The molecule has 2 heteroatoms. The Bertz CT molecular complexity index is 443. The van der Waals surface area contributed by atoms with Crippen molar-refractivity contribution >= 4 is 0 Å². The Hall–Kier alpha value is -0.860. The number of likely N-dealkylation sites (tertiary alicyclic amines) is 1. The molecular weight excluding hydrogens is 232 g/mol. The Kier molecular flexibility index (Phi) is 3.64. The monoisotopic (exact) mass is 258 g/mol. The maximum absolute atomic E-state index is 3.47. The number of rotatable bonds is 3. The fourth-order valence-electron chi connectivity index (χ4n) is 3.91. The molecule has 0 saturated carbocycles. The van der Waals surface area contributed by atoms with Gasteiger partial charge in [-0.25, -0.2) is 0 Å². The van der Waals surface area contributed by atoms with E-state index in [9.17, 15) is 0 Å². The standard InChI is InChI=1S/C17H26N2/c1-12-13(2)19(9-8-17(12)18-3)11-15-10-14-6-4-5-7-16(14)15/h4-7,12-13,15,17-18H,8-11H2,1-3H3. The van der Waals surface area contributed by atoms with Crippen LogP contribution in [0.3, 0.4) is 0 Å². The van der Waals surface area contributed by atoms with Crippen LogP contribution in [0.25, 0.3) is 0 Å². The first-order valence-corrected chi connectivity index (χ1v) is 7.70. The van der Waals surface area contributed by atoms with E-state index in [1.165, 1.54) is 25.9 Å². The van der Waals surface area contributed by atoms with E-state index in [1.54, 1.807) is 11.1 Å². The summed E-state index contributed by atoms with van der Waals surface area (Å²) in [5.74, 6) is 1.52. The second kappa shape index (κ2) is 5.26. The Balaban J connectivity index is 1.63. The van der Waals surface area contributed by atoms with E-state index in [4.69, 9.17) is 0 Å². The van der Waals surface area contributed by atoms with Gasteiger partial charge in [0.05, 0.1) is 0 Å². The summed E-state index contributed by atoms with van der Waals surface area (Å²) in [7, 11) is 2.10. The van der Waals surface area contributed by atoms with Gasteiger partial charge in [-0.2, -0.15) is 0 Å². The van der Waals surface area contributed by atoms with E-state index in [0.717, 1.165) is 11.8 Å². The molecule has 0 spiro atoms. The summed E-state index contributed by atoms with van der Waals surface area (Å²) < 4.78 is 0. The molecule has 2 nitrogen and oxygen atoms in total. The summed E-state index contributed by atoms with van der Waals surface area (Å²) in [5, 5.41) is 3.47. The number of nitrogens with one attached hydrogen (secondary N) is 1. The van der Waals surface area contributed by atoms with E-state index in [-0.39, 0.29) is 0 Å². The lowest BCUT2D eigenvalue weighted by atomic mass is 9.76. The van der Waals surface area contributed by atoms with Crippen LogP contribution in [0.15, 0.2) is 24.3 Å². The zero-order valence-electron chi connectivity index (χ0n) is 12.4. The molecule has 1 N–H and O–H groups in total. The molecule has 104 valence electrons. The molecule has 1 saturated heterocycles. The first kappa shape index (κ1) is 13.1. The van der Waals surface area contributed by atoms with Crippen molar-refractivity contribution in [2.75, 3.05) is 20.1 Å². The van der Waals surface area contributed by atoms with Crippen LogP contribution in [-0.4, -0.2) is 37.1 Å². The van der Waals surface area contributed by atoms with Crippen LogP contribution in [0.1, 0.15) is 37.3 Å². The summed E-state index contributed by atoms with van der Waals surface area (Å²) >= 11 is 0. The van der Waals surface area contributed by atoms with Gasteiger partial charge in [0.1, 0.15) is 0 Å². The molecule has 0 radical (unpaired) electrons. The van der Waals surface area contributed by atoms with Gasteiger partial charge in [-0.1, -0.05) is 31.2 Å². The zero-order valence-corrected chi connectivity index (χ0v) is 12.4. The normalized spacial score (nSPS) is 34.7. The van der Waals surface area contributed by atoms with Crippen LogP contribution in [-0.2, 0) is 6.42 Å². The minimum absolute atomic E-state index is 0.693. The van der Waals surface area contributed by atoms with Gasteiger partial charge in [0, 0.05) is 24.5 Å². The predicted octanol–water partition coefficient (Wildman–Crippen LogP) is 2.64. The van der Waals surface area contributed by atoms with Crippen molar-refractivity contribution in [2.24, 2.45) is 5.92 Å². The molecular formula is C17H26N2. The Morgan fingerprint density at radius 3 is 2.79 bits per heavy atom. The van der Waals surface area contributed by atoms with E-state index in [2.05, 4.69) is 55.4 Å². The highest BCUT2D eigenvalue weighted by atomic mass is 15.2. The lowest BCUT2D eigenvalue weighted by Gasteiger charge is -2.45. The highest BCUT2D eigenvalue weighted by Crippen LogP contribution is 2.37. The molecule has 1 aliphatic heterocycles. The van der Waals surface area contributed by atoms with Crippen molar-refractivity contribution in [3.63, 3.8) is 0 Å². The van der Waals surface area contributed by atoms with Crippen molar-refractivity contribution < 1.29 is 0 Å². The van der Waals surface area contributed by atoms with Gasteiger partial charge in [0.25, 0.3) is 0 Å². The second-order valence-electron chi connectivity index (χ2n) is 6.38. The highest BCUT2D eigenvalue weighted by molar-refractivity contribution is 5.40. The SMILES string of the molecule is CNC1CCN(CC2Cc3ccccc32)C(C)C1C. The molecule has 2 aliphatic rings. The number of fused-ring (bicyclic) bond motifs is 1. The molecule has 0 amide bonds. The van der Waals surface area contributed by atoms with Crippen molar-refractivity contribution in [1.82, 2.24) is 10.2 Å². The Morgan fingerprint density at radius 2 is 2.05 bits per heavy atom. The number of piperidine rings is 1. The molecule has 19 heavy (non-hydrogen) atoms. The van der Waals surface area contributed by atoms with E-state index in [0.29, 0.717) is 12.1 Å². The van der Waals surface area contributed by atoms with Crippen LogP contribution in [0.4, 0.5) is 0 Å². The molecule has 0 bridgehead atoms. The molecule has 1 aromatic rings. The molecule has 1 aromatic carbocycles. The van der Waals surface area contributed by atoms with Crippen LogP contribution in [0.2, 0.25) is 0 Å². The van der Waals surface area contributed by atoms with Crippen molar-refractivity contribution in [2.45, 2.75) is 44.7 Å². The molecule has 1 heterocycles. The average molecular weight is 258 g/mol. The van der Waals surface area contributed by atoms with Crippen LogP contribution in [0, 0.1) is 5.92 Å². The minimum atomic E-state index is 0.693. The maximum atomic E-state index is 3.47. The van der Waals surface area contributed by atoms with Gasteiger partial charge in [0.2, 0.25) is 0 Å². The molecule has 0 aromatic heterocycles. The summed E-state index contributed by atoms with van der Waals surface area (Å²) in [6.07, 6.45) is 2.57. The van der Waals surface area contributed by atoms with E-state index < -0.39 is 0 Å². The van der Waals surface area contributed by atoms with Gasteiger partial charge in [-0.3, -0.25) is 4.90 Å². The van der Waals surface area contributed by atoms with Gasteiger partial charge in [-0.05, 0) is 50.4 Å². The number of benzene rings is 1. The van der Waals surface area contributed by atoms with Crippen LogP contribution >= 0.6 is 0 Å². The first-order valence-electron chi connectivity index (χ1n) is 7.70. The lowest BCUT2D eigenvalue weighted by Crippen LogP contribution is -2.53. The van der Waals surface area contributed by atoms with Crippen molar-refractivity contribution in [1.29, 1.82) is 0 Å². The summed E-state index contributed by atoms with van der Waals surface area (Å²) in [6, 6.07) is 10.3. The smallest absolute Gasteiger partial charge is 0.0117 e. The largest absolute Gasteiger partial charge is 0.317 e. The third-order valence-electron chi connectivity index (χ3n) is 5.49. The third kappa shape index (κ3) is 2.32. The average Bonchev–Trinajstić information content (AvgIpc) is 2.41. The molecule has 1 fully saturated rings. The van der Waals surface area contributed by atoms with Crippen molar-refractivity contribution in [3.05, 3.63) is 35.4 Å². The second-order valence-corrected chi connectivity index (χ2v) is 6.38. The molecule has 4 unspecified atom stereocenters. The molecule has 1 aliphatic carbocycles. The topological polar surface area (TPSA) is 15.3 Å². The summed E-state index contributed by atoms with van der Waals surface area (Å²) in [6.45, 7) is 7.29. The van der Waals surface area contributed by atoms with Gasteiger partial charge in [0.15, 0.2) is 0 Å². The lowest BCUT2D eigenvalue weighted by molar-refractivity contribution is 0.0794. The Morgan fingerprint density at radius 1 is 1.26 bits per heavy atom. The number of hydrogen-bond donors (Lipinski definition) is 1. The fraction of sp³-hybridized carbons (Fsp3) is 0.647. The Labute approximate surface area is 117 Å². The maximum Gasteiger partial charge on any atom is 0.0117 e. The quantitative estimate of drug-likeness (QED) is 0.896. The van der Waals surface area contributed by atoms with E-state index >= 15 is 0 Å². The minimum Gasteiger partial charge on any atom is -0.317 e. The zero-order chi connectivity index (χ0) is 13.4. The van der Waals surface area contributed by atoms with E-state index in [1.807, 2.05) is 0 Å².